The van der Waals surface area contributed by atoms with Gasteiger partial charge in [0.1, 0.15) is 12.4 Å². The maximum Gasteiger partial charge on any atom is 0.254 e. The average Bonchev–Trinajstić information content (AvgIpc) is 2.58. The number of amides is 2. The molecule has 0 unspecified atom stereocenters. The minimum absolute atomic E-state index is 0.113. The van der Waals surface area contributed by atoms with Crippen LogP contribution in [0.3, 0.4) is 0 Å². The van der Waals surface area contributed by atoms with Crippen molar-refractivity contribution in [3.63, 3.8) is 0 Å². The van der Waals surface area contributed by atoms with E-state index >= 15 is 0 Å². The topological polar surface area (TPSA) is 53.1 Å². The molecule has 1 aromatic rings. The van der Waals surface area contributed by atoms with Gasteiger partial charge in [-0.15, -0.1) is 0 Å². The summed E-state index contributed by atoms with van der Waals surface area (Å²) in [5, 5.41) is 0. The summed E-state index contributed by atoms with van der Waals surface area (Å²) in [5.74, 6) is -0.657. The number of likely N-dealkylation sites (N-methyl/N-ethyl adjacent to an activating group) is 2. The summed E-state index contributed by atoms with van der Waals surface area (Å²) in [5.41, 5.74) is 0.694. The number of morpholine rings is 1. The zero-order valence-corrected chi connectivity index (χ0v) is 13.9. The van der Waals surface area contributed by atoms with Crippen molar-refractivity contribution in [1.29, 1.82) is 0 Å². The van der Waals surface area contributed by atoms with Gasteiger partial charge in [0.05, 0.1) is 6.04 Å². The van der Waals surface area contributed by atoms with Gasteiger partial charge in [0.15, 0.2) is 6.10 Å². The van der Waals surface area contributed by atoms with Crippen LogP contribution in [0.15, 0.2) is 24.3 Å². The second-order valence-corrected chi connectivity index (χ2v) is 6.36. The van der Waals surface area contributed by atoms with E-state index in [1.54, 1.807) is 24.1 Å². The van der Waals surface area contributed by atoms with E-state index in [1.165, 1.54) is 17.0 Å². The first-order valence-corrected chi connectivity index (χ1v) is 8.07. The predicted octanol–water partition coefficient (Wildman–Crippen LogP) is 0.498. The zero-order valence-electron chi connectivity index (χ0n) is 13.9. The van der Waals surface area contributed by atoms with Crippen LogP contribution in [0.5, 0.6) is 0 Å². The summed E-state index contributed by atoms with van der Waals surface area (Å²) in [4.78, 5) is 30.4. The lowest BCUT2D eigenvalue weighted by atomic mass is 9.97. The largest absolute Gasteiger partial charge is 0.356 e. The molecule has 2 aliphatic rings. The van der Waals surface area contributed by atoms with Crippen LogP contribution in [0.4, 0.5) is 4.39 Å². The number of hydrogen-bond donors (Lipinski definition) is 0. The van der Waals surface area contributed by atoms with E-state index in [0.717, 1.165) is 13.1 Å². The maximum atomic E-state index is 13.2. The first kappa shape index (κ1) is 16.9. The van der Waals surface area contributed by atoms with Crippen LogP contribution in [0, 0.1) is 5.82 Å². The zero-order chi connectivity index (χ0) is 17.3. The number of carbonyl (C=O) groups excluding carboxylic acids is 2. The molecule has 0 saturated carbocycles. The highest BCUT2D eigenvalue weighted by Gasteiger charge is 2.42. The molecule has 2 heterocycles. The molecule has 2 amide bonds. The van der Waals surface area contributed by atoms with Crippen molar-refractivity contribution in [1.82, 2.24) is 14.7 Å². The van der Waals surface area contributed by atoms with Crippen molar-refractivity contribution in [2.45, 2.75) is 12.1 Å². The molecule has 24 heavy (non-hydrogen) atoms. The number of nitrogens with zero attached hydrogens (tertiary/aromatic N) is 3. The fourth-order valence-corrected chi connectivity index (χ4v) is 3.18. The van der Waals surface area contributed by atoms with E-state index in [0.29, 0.717) is 18.7 Å². The number of halogens is 1. The van der Waals surface area contributed by atoms with E-state index in [9.17, 15) is 14.0 Å². The molecule has 1 aromatic carbocycles. The van der Waals surface area contributed by atoms with Crippen molar-refractivity contribution in [3.05, 3.63) is 35.6 Å². The van der Waals surface area contributed by atoms with Gasteiger partial charge in [0, 0.05) is 33.2 Å². The lowest BCUT2D eigenvalue weighted by Crippen LogP contribution is -2.56. The molecule has 3 rings (SSSR count). The lowest BCUT2D eigenvalue weighted by Gasteiger charge is -2.41. The van der Waals surface area contributed by atoms with Gasteiger partial charge < -0.3 is 19.4 Å². The molecule has 0 N–H and O–H groups in total. The summed E-state index contributed by atoms with van der Waals surface area (Å²) in [6.07, 6.45) is -0.762. The number of carbonyl (C=O) groups is 2. The first-order chi connectivity index (χ1) is 11.5. The van der Waals surface area contributed by atoms with E-state index in [-0.39, 0.29) is 24.2 Å². The molecule has 0 spiro atoms. The molecule has 2 fully saturated rings. The van der Waals surface area contributed by atoms with Crippen molar-refractivity contribution < 1.29 is 18.7 Å². The Morgan fingerprint density at radius 1 is 1.12 bits per heavy atom. The number of benzene rings is 1. The summed E-state index contributed by atoms with van der Waals surface area (Å²) >= 11 is 0. The molecule has 7 heteroatoms. The molecule has 6 nitrogen and oxygen atoms in total. The smallest absolute Gasteiger partial charge is 0.254 e. The third kappa shape index (κ3) is 3.27. The Morgan fingerprint density at radius 2 is 1.75 bits per heavy atom. The molecule has 0 radical (unpaired) electrons. The van der Waals surface area contributed by atoms with Gasteiger partial charge in [-0.2, -0.15) is 0 Å². The van der Waals surface area contributed by atoms with Crippen molar-refractivity contribution in [2.24, 2.45) is 0 Å². The molecule has 2 saturated heterocycles. The molecule has 2 atom stereocenters. The van der Waals surface area contributed by atoms with E-state index in [1.807, 2.05) is 7.05 Å². The Bertz CT molecular complexity index is 614. The molecular formula is C17H22FN3O3. The van der Waals surface area contributed by atoms with E-state index in [4.69, 9.17) is 4.74 Å². The molecule has 0 bridgehead atoms. The fourth-order valence-electron chi connectivity index (χ4n) is 3.18. The van der Waals surface area contributed by atoms with Gasteiger partial charge >= 0.3 is 0 Å². The number of piperazine rings is 1. The van der Waals surface area contributed by atoms with Gasteiger partial charge in [0.2, 0.25) is 5.91 Å². The van der Waals surface area contributed by atoms with Gasteiger partial charge in [-0.1, -0.05) is 12.1 Å². The van der Waals surface area contributed by atoms with E-state index in [2.05, 4.69) is 4.90 Å². The summed E-state index contributed by atoms with van der Waals surface area (Å²) in [6, 6.07) is 5.32. The Hall–Kier alpha value is -1.99. The Balaban J connectivity index is 1.84. The molecule has 2 aliphatic heterocycles. The highest BCUT2D eigenvalue weighted by atomic mass is 19.1. The third-order valence-corrected chi connectivity index (χ3v) is 4.75. The normalized spacial score (nSPS) is 25.9. The summed E-state index contributed by atoms with van der Waals surface area (Å²) < 4.78 is 18.8. The molecule has 0 aromatic heterocycles. The van der Waals surface area contributed by atoms with Crippen molar-refractivity contribution in [3.8, 4) is 0 Å². The highest BCUT2D eigenvalue weighted by Crippen LogP contribution is 2.30. The van der Waals surface area contributed by atoms with Gasteiger partial charge in [-0.25, -0.2) is 4.39 Å². The lowest BCUT2D eigenvalue weighted by molar-refractivity contribution is -0.168. The Kier molecular flexibility index (Phi) is 4.82. The molecule has 130 valence electrons. The quantitative estimate of drug-likeness (QED) is 0.790. The Morgan fingerprint density at radius 3 is 2.38 bits per heavy atom. The number of hydrogen-bond acceptors (Lipinski definition) is 4. The predicted molar refractivity (Wildman–Crippen MR) is 85.7 cm³/mol. The second kappa shape index (κ2) is 6.86. The van der Waals surface area contributed by atoms with Crippen LogP contribution in [0.25, 0.3) is 0 Å². The van der Waals surface area contributed by atoms with Crippen LogP contribution in [0.2, 0.25) is 0 Å². The van der Waals surface area contributed by atoms with Crippen molar-refractivity contribution >= 4 is 11.8 Å². The van der Waals surface area contributed by atoms with Crippen LogP contribution >= 0.6 is 0 Å². The second-order valence-electron chi connectivity index (χ2n) is 6.36. The standard InChI is InChI=1S/C17H22FN3O3/c1-19-7-9-21(10-8-19)17(23)16-15(20(2)14(22)11-24-16)12-3-5-13(18)6-4-12/h3-6,15-16H,7-11H2,1-2H3/t15-,16+/m0/s1. The van der Waals surface area contributed by atoms with Gasteiger partial charge in [-0.05, 0) is 24.7 Å². The minimum atomic E-state index is -0.762. The first-order valence-electron chi connectivity index (χ1n) is 8.07. The van der Waals surface area contributed by atoms with Crippen LogP contribution < -0.4 is 0 Å². The SMILES string of the molecule is CN1CCN(C(=O)[C@@H]2OCC(=O)N(C)[C@H]2c2ccc(F)cc2)CC1. The van der Waals surface area contributed by atoms with Crippen LogP contribution in [-0.2, 0) is 14.3 Å². The summed E-state index contributed by atoms with van der Waals surface area (Å²) in [6.45, 7) is 2.80. The monoisotopic (exact) mass is 335 g/mol. The van der Waals surface area contributed by atoms with Gasteiger partial charge in [-0.3, -0.25) is 9.59 Å². The van der Waals surface area contributed by atoms with Crippen LogP contribution in [0.1, 0.15) is 11.6 Å². The average molecular weight is 335 g/mol. The molecule has 0 aliphatic carbocycles. The minimum Gasteiger partial charge on any atom is -0.356 e. The number of rotatable bonds is 2. The maximum absolute atomic E-state index is 13.2. The van der Waals surface area contributed by atoms with Gasteiger partial charge in [0.25, 0.3) is 5.91 Å². The van der Waals surface area contributed by atoms with Crippen LogP contribution in [-0.4, -0.2) is 79.5 Å². The summed E-state index contributed by atoms with van der Waals surface area (Å²) in [7, 11) is 3.68. The highest BCUT2D eigenvalue weighted by molar-refractivity contribution is 5.86. The molecular weight excluding hydrogens is 313 g/mol. The number of ether oxygens (including phenoxy) is 1. The Labute approximate surface area is 140 Å². The van der Waals surface area contributed by atoms with Crippen molar-refractivity contribution in [2.75, 3.05) is 46.9 Å². The van der Waals surface area contributed by atoms with E-state index < -0.39 is 12.1 Å². The third-order valence-electron chi connectivity index (χ3n) is 4.75. The fraction of sp³-hybridized carbons (Fsp3) is 0.529.